The van der Waals surface area contributed by atoms with Crippen molar-refractivity contribution in [3.05, 3.63) is 95.3 Å². The number of carbonyl (C=O) groups excluding carboxylic acids is 2. The molecule has 0 saturated heterocycles. The molecule has 5 nitrogen and oxygen atoms in total. The fourth-order valence-corrected chi connectivity index (χ4v) is 3.56. The van der Waals surface area contributed by atoms with Crippen LogP contribution in [-0.2, 0) is 4.74 Å². The van der Waals surface area contributed by atoms with Gasteiger partial charge in [0, 0.05) is 24.2 Å². The van der Waals surface area contributed by atoms with E-state index in [-0.39, 0.29) is 12.5 Å². The second kappa shape index (κ2) is 8.52. The van der Waals surface area contributed by atoms with Gasteiger partial charge >= 0.3 is 6.09 Å². The minimum atomic E-state index is -0.458. The monoisotopic (exact) mass is 384 g/mol. The van der Waals surface area contributed by atoms with Gasteiger partial charge in [-0.3, -0.25) is 9.78 Å². The summed E-state index contributed by atoms with van der Waals surface area (Å²) in [6, 6.07) is 19.9. The summed E-state index contributed by atoms with van der Waals surface area (Å²) in [5.74, 6) is 0.0456. The van der Waals surface area contributed by atoms with Gasteiger partial charge in [0.1, 0.15) is 6.61 Å². The van der Waals surface area contributed by atoms with E-state index in [1.54, 1.807) is 24.3 Å². The summed E-state index contributed by atoms with van der Waals surface area (Å²) in [5.41, 5.74) is 6.02. The highest BCUT2D eigenvalue weighted by Crippen LogP contribution is 2.44. The molecule has 3 aromatic rings. The van der Waals surface area contributed by atoms with Crippen molar-refractivity contribution in [3.8, 4) is 11.1 Å². The van der Waals surface area contributed by atoms with Crippen LogP contribution in [0.1, 0.15) is 33.1 Å². The maximum Gasteiger partial charge on any atom is 0.407 e. The number of aldehydes is 1. The molecule has 1 heterocycles. The molecule has 0 spiro atoms. The summed E-state index contributed by atoms with van der Waals surface area (Å²) in [5, 5.41) is 2.72. The highest BCUT2D eigenvalue weighted by atomic mass is 16.5. The first-order valence-corrected chi connectivity index (χ1v) is 9.43. The SMILES string of the molecule is O=Cc1ccc(C=CCNC(=O)OCC2c3ccccc3-c3ccccc32)nc1. The van der Waals surface area contributed by atoms with Gasteiger partial charge in [0.2, 0.25) is 0 Å². The van der Waals surface area contributed by atoms with Gasteiger partial charge in [-0.25, -0.2) is 4.79 Å². The van der Waals surface area contributed by atoms with Crippen molar-refractivity contribution >= 4 is 18.5 Å². The van der Waals surface area contributed by atoms with E-state index in [2.05, 4.69) is 34.6 Å². The van der Waals surface area contributed by atoms with Crippen LogP contribution in [0.2, 0.25) is 0 Å². The highest BCUT2D eigenvalue weighted by molar-refractivity contribution is 5.79. The number of pyridine rings is 1. The normalized spacial score (nSPS) is 12.4. The number of fused-ring (bicyclic) bond motifs is 3. The minimum Gasteiger partial charge on any atom is -0.449 e. The van der Waals surface area contributed by atoms with Gasteiger partial charge < -0.3 is 10.1 Å². The van der Waals surface area contributed by atoms with E-state index in [0.717, 1.165) is 6.29 Å². The number of ether oxygens (including phenoxy) is 1. The maximum absolute atomic E-state index is 12.1. The van der Waals surface area contributed by atoms with Gasteiger partial charge in [0.15, 0.2) is 6.29 Å². The number of nitrogens with zero attached hydrogens (tertiary/aromatic N) is 1. The van der Waals surface area contributed by atoms with Crippen molar-refractivity contribution in [3.63, 3.8) is 0 Å². The fraction of sp³-hybridized carbons (Fsp3) is 0.125. The zero-order valence-corrected chi connectivity index (χ0v) is 15.7. The molecule has 0 bridgehead atoms. The van der Waals surface area contributed by atoms with E-state index in [1.165, 1.54) is 28.5 Å². The van der Waals surface area contributed by atoms with Crippen LogP contribution in [0.4, 0.5) is 4.79 Å². The zero-order valence-electron chi connectivity index (χ0n) is 15.7. The summed E-state index contributed by atoms with van der Waals surface area (Å²) in [7, 11) is 0. The third-order valence-electron chi connectivity index (χ3n) is 4.94. The van der Waals surface area contributed by atoms with Gasteiger partial charge in [-0.2, -0.15) is 0 Å². The lowest BCUT2D eigenvalue weighted by Gasteiger charge is -2.14. The molecular weight excluding hydrogens is 364 g/mol. The summed E-state index contributed by atoms with van der Waals surface area (Å²) >= 11 is 0. The van der Waals surface area contributed by atoms with Crippen LogP contribution in [0.3, 0.4) is 0 Å². The Hall–Kier alpha value is -3.73. The number of amides is 1. The molecule has 1 aliphatic rings. The fourth-order valence-electron chi connectivity index (χ4n) is 3.56. The number of alkyl carbamates (subject to hydrolysis) is 1. The summed E-state index contributed by atoms with van der Waals surface area (Å²) in [4.78, 5) is 26.9. The first-order chi connectivity index (χ1) is 14.3. The lowest BCUT2D eigenvalue weighted by molar-refractivity contribution is 0.112. The summed E-state index contributed by atoms with van der Waals surface area (Å²) < 4.78 is 5.48. The number of nitrogens with one attached hydrogen (secondary N) is 1. The van der Waals surface area contributed by atoms with Crippen LogP contribution in [0.5, 0.6) is 0 Å². The van der Waals surface area contributed by atoms with Gasteiger partial charge in [-0.1, -0.05) is 54.6 Å². The molecule has 0 aliphatic heterocycles. The van der Waals surface area contributed by atoms with Crippen molar-refractivity contribution in [2.45, 2.75) is 5.92 Å². The van der Waals surface area contributed by atoms with Crippen molar-refractivity contribution in [1.82, 2.24) is 10.3 Å². The smallest absolute Gasteiger partial charge is 0.407 e. The second-order valence-corrected chi connectivity index (χ2v) is 6.74. The number of hydrogen-bond acceptors (Lipinski definition) is 4. The van der Waals surface area contributed by atoms with Crippen molar-refractivity contribution in [1.29, 1.82) is 0 Å². The quantitative estimate of drug-likeness (QED) is 0.638. The van der Waals surface area contributed by atoms with Crippen LogP contribution in [-0.4, -0.2) is 30.5 Å². The highest BCUT2D eigenvalue weighted by Gasteiger charge is 2.28. The maximum atomic E-state index is 12.1. The lowest BCUT2D eigenvalue weighted by Crippen LogP contribution is -2.26. The average molecular weight is 384 g/mol. The average Bonchev–Trinajstić information content (AvgIpc) is 3.09. The Kier molecular flexibility index (Phi) is 5.47. The van der Waals surface area contributed by atoms with Crippen molar-refractivity contribution in [2.75, 3.05) is 13.2 Å². The third kappa shape index (κ3) is 4.09. The molecular formula is C24H20N2O3. The molecule has 0 atom stereocenters. The van der Waals surface area contributed by atoms with Gasteiger partial charge in [0.05, 0.1) is 5.69 Å². The van der Waals surface area contributed by atoms with Gasteiger partial charge in [-0.15, -0.1) is 0 Å². The first kappa shape index (κ1) is 18.6. The molecule has 2 aromatic carbocycles. The number of aromatic nitrogens is 1. The summed E-state index contributed by atoms with van der Waals surface area (Å²) in [6.07, 6.45) is 5.36. The number of rotatable bonds is 6. The molecule has 1 amide bonds. The standard InChI is InChI=1S/C24H20N2O3/c27-15-17-11-12-18(26-14-17)6-5-13-25-24(28)29-16-23-21-9-3-1-7-19(21)20-8-2-4-10-22(20)23/h1-12,14-15,23H,13,16H2,(H,25,28). The van der Waals surface area contributed by atoms with Crippen molar-refractivity contribution in [2.24, 2.45) is 0 Å². The summed E-state index contributed by atoms with van der Waals surface area (Å²) in [6.45, 7) is 0.617. The molecule has 1 N–H and O–H groups in total. The van der Waals surface area contributed by atoms with Crippen molar-refractivity contribution < 1.29 is 14.3 Å². The molecule has 1 aliphatic carbocycles. The predicted molar refractivity (Wildman–Crippen MR) is 112 cm³/mol. The Balaban J connectivity index is 1.32. The molecule has 5 heteroatoms. The van der Waals surface area contributed by atoms with E-state index < -0.39 is 6.09 Å². The Morgan fingerprint density at radius 1 is 1.00 bits per heavy atom. The Morgan fingerprint density at radius 2 is 1.69 bits per heavy atom. The van der Waals surface area contributed by atoms with E-state index in [4.69, 9.17) is 4.74 Å². The Labute approximate surface area is 169 Å². The van der Waals surface area contributed by atoms with Crippen LogP contribution in [0.15, 0.2) is 72.9 Å². The molecule has 1 aromatic heterocycles. The van der Waals surface area contributed by atoms with Crippen LogP contribution < -0.4 is 5.32 Å². The number of hydrogen-bond donors (Lipinski definition) is 1. The van der Waals surface area contributed by atoms with Crippen LogP contribution >= 0.6 is 0 Å². The first-order valence-electron chi connectivity index (χ1n) is 9.43. The van der Waals surface area contributed by atoms with E-state index in [1.807, 2.05) is 24.3 Å². The van der Waals surface area contributed by atoms with Crippen LogP contribution in [0, 0.1) is 0 Å². The third-order valence-corrected chi connectivity index (χ3v) is 4.94. The van der Waals surface area contributed by atoms with Crippen LogP contribution in [0.25, 0.3) is 17.2 Å². The molecule has 0 saturated carbocycles. The molecule has 0 unspecified atom stereocenters. The molecule has 0 fully saturated rings. The molecule has 29 heavy (non-hydrogen) atoms. The molecule has 0 radical (unpaired) electrons. The number of benzene rings is 2. The lowest BCUT2D eigenvalue weighted by atomic mass is 9.98. The predicted octanol–water partition coefficient (Wildman–Crippen LogP) is 4.45. The largest absolute Gasteiger partial charge is 0.449 e. The molecule has 4 rings (SSSR count). The second-order valence-electron chi connectivity index (χ2n) is 6.74. The zero-order chi connectivity index (χ0) is 20.1. The topological polar surface area (TPSA) is 68.3 Å². The van der Waals surface area contributed by atoms with Gasteiger partial charge in [0.25, 0.3) is 0 Å². The minimum absolute atomic E-state index is 0.0456. The molecule has 144 valence electrons. The van der Waals surface area contributed by atoms with E-state index in [9.17, 15) is 9.59 Å². The van der Waals surface area contributed by atoms with E-state index >= 15 is 0 Å². The van der Waals surface area contributed by atoms with E-state index in [0.29, 0.717) is 17.8 Å². The van der Waals surface area contributed by atoms with Gasteiger partial charge in [-0.05, 0) is 40.5 Å². The Morgan fingerprint density at radius 3 is 2.31 bits per heavy atom. The number of carbonyl (C=O) groups is 2. The Bertz CT molecular complexity index is 1010.